The van der Waals surface area contributed by atoms with Crippen molar-refractivity contribution >= 4 is 33.2 Å². The van der Waals surface area contributed by atoms with Crippen LogP contribution in [0.5, 0.6) is 5.75 Å². The Morgan fingerprint density at radius 2 is 2.26 bits per heavy atom. The van der Waals surface area contributed by atoms with Gasteiger partial charge in [-0.15, -0.1) is 0 Å². The van der Waals surface area contributed by atoms with E-state index in [1.165, 1.54) is 10.9 Å². The Morgan fingerprint density at radius 3 is 3.00 bits per heavy atom. The summed E-state index contributed by atoms with van der Waals surface area (Å²) in [6.07, 6.45) is 1.35. The maximum Gasteiger partial charge on any atom is 0.278 e. The van der Waals surface area contributed by atoms with Crippen LogP contribution < -0.4 is 16.0 Å². The summed E-state index contributed by atoms with van der Waals surface area (Å²) in [6, 6.07) is 7.45. The van der Waals surface area contributed by atoms with E-state index in [4.69, 9.17) is 22.1 Å². The molecule has 1 aromatic carbocycles. The van der Waals surface area contributed by atoms with E-state index < -0.39 is 0 Å². The SMILES string of the molecule is Nc1c(Cl)ncn(CCOc2cccc(Br)c2)c1=O. The van der Waals surface area contributed by atoms with Crippen molar-refractivity contribution in [3.05, 3.63) is 50.6 Å². The van der Waals surface area contributed by atoms with Crippen LogP contribution in [0.15, 0.2) is 39.9 Å². The first kappa shape index (κ1) is 13.9. The van der Waals surface area contributed by atoms with Crippen LogP contribution in [-0.2, 0) is 6.54 Å². The fraction of sp³-hybridized carbons (Fsp3) is 0.167. The summed E-state index contributed by atoms with van der Waals surface area (Å²) in [5.41, 5.74) is 5.10. The molecule has 1 aromatic heterocycles. The zero-order chi connectivity index (χ0) is 13.8. The molecule has 0 amide bonds. The molecule has 0 saturated heterocycles. The molecule has 2 rings (SSSR count). The molecule has 0 unspecified atom stereocenters. The minimum absolute atomic E-state index is 0.0224. The van der Waals surface area contributed by atoms with Gasteiger partial charge in [0.25, 0.3) is 5.56 Å². The molecule has 2 aromatic rings. The molecular formula is C12H11BrClN3O2. The molecule has 0 aliphatic carbocycles. The van der Waals surface area contributed by atoms with Crippen LogP contribution >= 0.6 is 27.5 Å². The molecule has 7 heteroatoms. The van der Waals surface area contributed by atoms with Gasteiger partial charge in [0.05, 0.1) is 12.9 Å². The molecule has 0 atom stereocenters. The number of rotatable bonds is 4. The lowest BCUT2D eigenvalue weighted by molar-refractivity contribution is 0.295. The maximum atomic E-state index is 11.7. The van der Waals surface area contributed by atoms with E-state index in [9.17, 15) is 4.79 Å². The zero-order valence-corrected chi connectivity index (χ0v) is 12.2. The summed E-state index contributed by atoms with van der Waals surface area (Å²) in [6.45, 7) is 0.679. The van der Waals surface area contributed by atoms with Crippen LogP contribution in [0.1, 0.15) is 0 Å². The van der Waals surface area contributed by atoms with E-state index in [2.05, 4.69) is 20.9 Å². The molecule has 0 aliphatic heterocycles. The zero-order valence-electron chi connectivity index (χ0n) is 9.85. The van der Waals surface area contributed by atoms with Crippen LogP contribution in [0.3, 0.4) is 0 Å². The van der Waals surface area contributed by atoms with E-state index >= 15 is 0 Å². The fourth-order valence-electron chi connectivity index (χ4n) is 1.46. The number of anilines is 1. The topological polar surface area (TPSA) is 70.1 Å². The van der Waals surface area contributed by atoms with Gasteiger partial charge in [-0.1, -0.05) is 33.6 Å². The molecule has 0 saturated carbocycles. The average Bonchev–Trinajstić information content (AvgIpc) is 2.39. The fourth-order valence-corrected chi connectivity index (χ4v) is 1.97. The van der Waals surface area contributed by atoms with Gasteiger partial charge in [-0.05, 0) is 18.2 Å². The third-order valence-corrected chi connectivity index (χ3v) is 3.22. The van der Waals surface area contributed by atoms with Crippen LogP contribution in [-0.4, -0.2) is 16.2 Å². The van der Waals surface area contributed by atoms with Crippen LogP contribution in [0.25, 0.3) is 0 Å². The van der Waals surface area contributed by atoms with Crippen molar-refractivity contribution in [3.8, 4) is 5.75 Å². The Morgan fingerprint density at radius 1 is 1.47 bits per heavy atom. The third-order valence-electron chi connectivity index (χ3n) is 2.42. The number of aromatic nitrogens is 2. The largest absolute Gasteiger partial charge is 0.492 e. The molecule has 0 bridgehead atoms. The molecule has 5 nitrogen and oxygen atoms in total. The third kappa shape index (κ3) is 3.48. The molecule has 1 heterocycles. The van der Waals surface area contributed by atoms with Gasteiger partial charge in [-0.2, -0.15) is 0 Å². The van der Waals surface area contributed by atoms with Crippen molar-refractivity contribution in [2.45, 2.75) is 6.54 Å². The summed E-state index contributed by atoms with van der Waals surface area (Å²) in [5, 5.41) is 0.0224. The second kappa shape index (κ2) is 6.08. The Kier molecular flexibility index (Phi) is 4.44. The second-order valence-electron chi connectivity index (χ2n) is 3.75. The van der Waals surface area contributed by atoms with Gasteiger partial charge in [0.2, 0.25) is 0 Å². The number of halogens is 2. The summed E-state index contributed by atoms with van der Waals surface area (Å²) in [4.78, 5) is 15.6. The monoisotopic (exact) mass is 343 g/mol. The summed E-state index contributed by atoms with van der Waals surface area (Å²) in [5.74, 6) is 0.720. The van der Waals surface area contributed by atoms with Gasteiger partial charge < -0.3 is 10.5 Å². The Bertz CT molecular complexity index is 645. The molecular weight excluding hydrogens is 334 g/mol. The highest BCUT2D eigenvalue weighted by Crippen LogP contribution is 2.17. The highest BCUT2D eigenvalue weighted by Gasteiger charge is 2.06. The predicted molar refractivity (Wildman–Crippen MR) is 77.6 cm³/mol. The lowest BCUT2D eigenvalue weighted by Gasteiger charge is -2.09. The number of hydrogen-bond acceptors (Lipinski definition) is 4. The molecule has 19 heavy (non-hydrogen) atoms. The van der Waals surface area contributed by atoms with Crippen molar-refractivity contribution in [1.29, 1.82) is 0 Å². The smallest absolute Gasteiger partial charge is 0.278 e. The lowest BCUT2D eigenvalue weighted by Crippen LogP contribution is -2.26. The standard InChI is InChI=1S/C12H11BrClN3O2/c13-8-2-1-3-9(6-8)19-5-4-17-7-16-11(14)10(15)12(17)18/h1-3,6-7H,4-5,15H2. The van der Waals surface area contributed by atoms with Crippen molar-refractivity contribution in [2.75, 3.05) is 12.3 Å². The molecule has 0 spiro atoms. The van der Waals surface area contributed by atoms with E-state index in [-0.39, 0.29) is 16.4 Å². The lowest BCUT2D eigenvalue weighted by atomic mass is 10.3. The van der Waals surface area contributed by atoms with Crippen molar-refractivity contribution in [3.63, 3.8) is 0 Å². The Balaban J connectivity index is 2.00. The predicted octanol–water partition coefficient (Wildman–Crippen LogP) is 2.32. The Labute approximate surface area is 123 Å². The van der Waals surface area contributed by atoms with E-state index in [0.717, 1.165) is 10.2 Å². The first-order chi connectivity index (χ1) is 9.08. The molecule has 100 valence electrons. The van der Waals surface area contributed by atoms with Crippen molar-refractivity contribution in [1.82, 2.24) is 9.55 Å². The number of nitrogen functional groups attached to an aromatic ring is 1. The van der Waals surface area contributed by atoms with E-state index in [1.54, 1.807) is 0 Å². The Hall–Kier alpha value is -1.53. The number of nitrogens with zero attached hydrogens (tertiary/aromatic N) is 2. The first-order valence-corrected chi connectivity index (χ1v) is 6.64. The van der Waals surface area contributed by atoms with Crippen molar-refractivity contribution in [2.24, 2.45) is 0 Å². The number of ether oxygens (including phenoxy) is 1. The van der Waals surface area contributed by atoms with Gasteiger partial charge in [0.15, 0.2) is 5.15 Å². The van der Waals surface area contributed by atoms with E-state index in [1.807, 2.05) is 24.3 Å². The average molecular weight is 345 g/mol. The molecule has 2 N–H and O–H groups in total. The number of nitrogens with two attached hydrogens (primary N) is 1. The van der Waals surface area contributed by atoms with Gasteiger partial charge >= 0.3 is 0 Å². The van der Waals surface area contributed by atoms with Gasteiger partial charge in [-0.3, -0.25) is 9.36 Å². The first-order valence-electron chi connectivity index (χ1n) is 5.46. The van der Waals surface area contributed by atoms with Crippen molar-refractivity contribution < 1.29 is 4.74 Å². The molecule has 0 fully saturated rings. The molecule has 0 radical (unpaired) electrons. The minimum atomic E-state index is -0.363. The van der Waals surface area contributed by atoms with Crippen LogP contribution in [0.2, 0.25) is 5.15 Å². The second-order valence-corrected chi connectivity index (χ2v) is 5.03. The quantitative estimate of drug-likeness (QED) is 0.864. The molecule has 0 aliphatic rings. The minimum Gasteiger partial charge on any atom is -0.492 e. The number of hydrogen-bond donors (Lipinski definition) is 1. The van der Waals surface area contributed by atoms with Crippen LogP contribution in [0.4, 0.5) is 5.69 Å². The van der Waals surface area contributed by atoms with Crippen LogP contribution in [0, 0.1) is 0 Å². The highest BCUT2D eigenvalue weighted by atomic mass is 79.9. The normalized spacial score (nSPS) is 10.4. The summed E-state index contributed by atoms with van der Waals surface area (Å²) < 4.78 is 7.82. The van der Waals surface area contributed by atoms with Gasteiger partial charge in [0, 0.05) is 4.47 Å². The van der Waals surface area contributed by atoms with Gasteiger partial charge in [-0.25, -0.2) is 4.98 Å². The number of benzene rings is 1. The van der Waals surface area contributed by atoms with Gasteiger partial charge in [0.1, 0.15) is 18.0 Å². The maximum absolute atomic E-state index is 11.7. The highest BCUT2D eigenvalue weighted by molar-refractivity contribution is 9.10. The summed E-state index contributed by atoms with van der Waals surface area (Å²) in [7, 11) is 0. The summed E-state index contributed by atoms with van der Waals surface area (Å²) >= 11 is 9.00. The van der Waals surface area contributed by atoms with E-state index in [0.29, 0.717) is 13.2 Å².